The Morgan fingerprint density at radius 2 is 1.64 bits per heavy atom. The number of rotatable bonds is 6. The number of carbonyl (C=O) groups excluding carboxylic acids is 6. The van der Waals surface area contributed by atoms with Gasteiger partial charge in [-0.2, -0.15) is 0 Å². The first-order valence-corrected chi connectivity index (χ1v) is 17.9. The van der Waals surface area contributed by atoms with Crippen molar-refractivity contribution in [3.8, 4) is 5.75 Å². The van der Waals surface area contributed by atoms with Gasteiger partial charge in [-0.15, -0.1) is 0 Å². The molecule has 0 spiro atoms. The van der Waals surface area contributed by atoms with Gasteiger partial charge in [-0.1, -0.05) is 58.6 Å². The van der Waals surface area contributed by atoms with Gasteiger partial charge < -0.3 is 40.3 Å². The lowest BCUT2D eigenvalue weighted by Gasteiger charge is -2.34. The number of carbonyl (C=O) groups is 6. The first kappa shape index (κ1) is 42.4. The first-order chi connectivity index (χ1) is 24.9. The summed E-state index contributed by atoms with van der Waals surface area (Å²) in [5, 5.41) is 19.1. The molecule has 0 aromatic heterocycles. The van der Waals surface area contributed by atoms with Crippen molar-refractivity contribution < 1.29 is 43.3 Å². The smallest absolute Gasteiger partial charge is 0.334 e. The number of ether oxygens (including phenoxy) is 2. The summed E-state index contributed by atoms with van der Waals surface area (Å²) < 4.78 is 10.8. The van der Waals surface area contributed by atoms with Gasteiger partial charge in [0.1, 0.15) is 41.8 Å². The number of amides is 5. The molecule has 2 saturated heterocycles. The van der Waals surface area contributed by atoms with E-state index < -0.39 is 83.9 Å². The Balaban J connectivity index is 2.10. The van der Waals surface area contributed by atoms with Gasteiger partial charge in [-0.05, 0) is 62.6 Å². The second-order valence-electron chi connectivity index (χ2n) is 14.6. The van der Waals surface area contributed by atoms with E-state index in [1.54, 1.807) is 52.0 Å². The van der Waals surface area contributed by atoms with Crippen molar-refractivity contribution in [2.24, 2.45) is 11.8 Å². The Labute approximate surface area is 312 Å². The third-order valence-corrected chi connectivity index (χ3v) is 9.42. The van der Waals surface area contributed by atoms with Crippen LogP contribution in [0.1, 0.15) is 72.8 Å². The molecule has 4 N–H and O–H groups in total. The van der Waals surface area contributed by atoms with Crippen LogP contribution in [0.4, 0.5) is 0 Å². The fraction of sp³-hybridized carbons (Fsp3) is 0.538. The number of benzene rings is 1. The van der Waals surface area contributed by atoms with Gasteiger partial charge in [0, 0.05) is 25.7 Å². The van der Waals surface area contributed by atoms with Gasteiger partial charge in [-0.25, -0.2) is 4.79 Å². The van der Waals surface area contributed by atoms with Crippen molar-refractivity contribution in [1.82, 2.24) is 25.8 Å². The van der Waals surface area contributed by atoms with Gasteiger partial charge in [0.25, 0.3) is 5.91 Å². The number of nitrogens with zero attached hydrogens (tertiary/aromatic N) is 2. The molecule has 14 heteroatoms. The SMILES string of the molecule is C=C1OC(=O)[C@H](Cc2ccc(OC)cc2)N(C)C(=O)[C@@H]2CCCN2C(=O)[C@H](CC(C)C)NC(=O)[C@H](C(C)C)NC(=O)C[C@H](O)C(=C(C)C)NC(=O)C1=C. The second kappa shape index (κ2) is 18.7. The third-order valence-electron chi connectivity index (χ3n) is 9.42. The average Bonchev–Trinajstić information content (AvgIpc) is 3.59. The number of likely N-dealkylation sites (N-methyl/N-ethyl adjacent to an activating group) is 1. The summed E-state index contributed by atoms with van der Waals surface area (Å²) in [5.74, 6) is -4.22. The highest BCUT2D eigenvalue weighted by Crippen LogP contribution is 2.25. The number of hydrogen-bond donors (Lipinski definition) is 4. The Kier molecular flexibility index (Phi) is 15.0. The van der Waals surface area contributed by atoms with Gasteiger partial charge in [-0.3, -0.25) is 24.0 Å². The molecule has 5 amide bonds. The number of methoxy groups -OCH3 is 1. The van der Waals surface area contributed by atoms with E-state index >= 15 is 0 Å². The molecule has 290 valence electrons. The van der Waals surface area contributed by atoms with E-state index in [0.717, 1.165) is 0 Å². The van der Waals surface area contributed by atoms with Crippen molar-refractivity contribution in [3.05, 3.63) is 65.6 Å². The van der Waals surface area contributed by atoms with Crippen LogP contribution in [-0.4, -0.2) is 101 Å². The maximum atomic E-state index is 14.3. The third kappa shape index (κ3) is 11.0. The minimum absolute atomic E-state index is 0.00719. The minimum atomic E-state index is -1.49. The molecule has 1 aromatic carbocycles. The number of fused-ring (bicyclic) bond motifs is 1. The largest absolute Gasteiger partial charge is 0.497 e. The van der Waals surface area contributed by atoms with Crippen molar-refractivity contribution in [3.63, 3.8) is 0 Å². The second-order valence-corrected chi connectivity index (χ2v) is 14.6. The normalized spacial score (nSPS) is 24.7. The molecule has 2 fully saturated rings. The molecule has 2 heterocycles. The molecule has 2 aliphatic heterocycles. The quantitative estimate of drug-likeness (QED) is 0.252. The highest BCUT2D eigenvalue weighted by Gasteiger charge is 2.42. The minimum Gasteiger partial charge on any atom is -0.497 e. The summed E-state index contributed by atoms with van der Waals surface area (Å²) in [6.07, 6.45) is -0.894. The van der Waals surface area contributed by atoms with Crippen LogP contribution in [0.3, 0.4) is 0 Å². The van der Waals surface area contributed by atoms with Crippen LogP contribution >= 0.6 is 0 Å². The van der Waals surface area contributed by atoms with Crippen LogP contribution in [0, 0.1) is 11.8 Å². The van der Waals surface area contributed by atoms with E-state index in [4.69, 9.17) is 9.47 Å². The summed E-state index contributed by atoms with van der Waals surface area (Å²) in [7, 11) is 2.97. The van der Waals surface area contributed by atoms with Crippen LogP contribution < -0.4 is 20.7 Å². The highest BCUT2D eigenvalue weighted by atomic mass is 16.5. The molecule has 2 aliphatic rings. The van der Waals surface area contributed by atoms with Crippen molar-refractivity contribution >= 4 is 35.5 Å². The number of hydrogen-bond acceptors (Lipinski definition) is 9. The van der Waals surface area contributed by atoms with E-state index in [1.165, 1.54) is 24.0 Å². The van der Waals surface area contributed by atoms with Gasteiger partial charge in [0.2, 0.25) is 23.6 Å². The lowest BCUT2D eigenvalue weighted by Crippen LogP contribution is -2.58. The van der Waals surface area contributed by atoms with E-state index in [1.807, 2.05) is 13.8 Å². The number of aliphatic hydroxyl groups is 1. The van der Waals surface area contributed by atoms with Gasteiger partial charge in [0.05, 0.1) is 19.1 Å². The Hall–Kier alpha value is -4.98. The molecule has 5 atom stereocenters. The molecule has 1 aromatic rings. The number of allylic oxidation sites excluding steroid dienone is 1. The predicted molar refractivity (Wildman–Crippen MR) is 198 cm³/mol. The van der Waals surface area contributed by atoms with E-state index in [2.05, 4.69) is 29.1 Å². The standard InChI is InChI=1S/C39H55N5O9/c1-21(2)18-28-37(49)44-17-11-12-29(44)38(50)43(9)30(19-26-13-15-27(52-10)16-14-26)39(51)53-25(8)24(7)35(47)42-33(22(3)4)31(45)20-32(46)41-34(23(5)6)36(48)40-28/h13-16,21,23,28-31,34,45H,7-8,11-12,17-20H2,1-6,9-10H3,(H,40,48)(H,41,46)(H,42,47)/t28-,29-,30-,31-,34-/m0/s1. The molecule has 0 bridgehead atoms. The van der Waals surface area contributed by atoms with E-state index in [-0.39, 0.29) is 36.6 Å². The summed E-state index contributed by atoms with van der Waals surface area (Å²) in [5.41, 5.74) is 0.815. The van der Waals surface area contributed by atoms with E-state index in [9.17, 15) is 33.9 Å². The summed E-state index contributed by atoms with van der Waals surface area (Å²) >= 11 is 0. The summed E-state index contributed by atoms with van der Waals surface area (Å²) in [4.78, 5) is 85.3. The van der Waals surface area contributed by atoms with Crippen molar-refractivity contribution in [2.45, 2.75) is 104 Å². The molecule has 0 saturated carbocycles. The number of aliphatic hydroxyl groups excluding tert-OH is 1. The van der Waals surface area contributed by atoms with Crippen molar-refractivity contribution in [2.75, 3.05) is 20.7 Å². The van der Waals surface area contributed by atoms with Crippen LogP contribution in [0.25, 0.3) is 0 Å². The molecular weight excluding hydrogens is 682 g/mol. The maximum Gasteiger partial charge on any atom is 0.334 e. The van der Waals surface area contributed by atoms with Crippen LogP contribution in [0.5, 0.6) is 5.75 Å². The number of cyclic esters (lactones) is 1. The molecule has 14 nitrogen and oxygen atoms in total. The summed E-state index contributed by atoms with van der Waals surface area (Å²) in [6.45, 7) is 18.2. The van der Waals surface area contributed by atoms with Crippen LogP contribution in [-0.2, 0) is 39.9 Å². The molecule has 0 unspecified atom stereocenters. The zero-order chi connectivity index (χ0) is 39.7. The average molecular weight is 738 g/mol. The van der Waals surface area contributed by atoms with Crippen molar-refractivity contribution in [1.29, 1.82) is 0 Å². The number of esters is 1. The fourth-order valence-corrected chi connectivity index (χ4v) is 6.36. The lowest BCUT2D eigenvalue weighted by molar-refractivity contribution is -0.154. The first-order valence-electron chi connectivity index (χ1n) is 17.9. The van der Waals surface area contributed by atoms with Crippen LogP contribution in [0.2, 0.25) is 0 Å². The Morgan fingerprint density at radius 3 is 2.21 bits per heavy atom. The summed E-state index contributed by atoms with van der Waals surface area (Å²) in [6, 6.07) is 2.67. The zero-order valence-corrected chi connectivity index (χ0v) is 32.1. The topological polar surface area (TPSA) is 184 Å². The maximum absolute atomic E-state index is 14.3. The van der Waals surface area contributed by atoms with Gasteiger partial charge >= 0.3 is 5.97 Å². The predicted octanol–water partition coefficient (Wildman–Crippen LogP) is 2.52. The molecule has 0 radical (unpaired) electrons. The molecule has 0 aliphatic carbocycles. The Morgan fingerprint density at radius 1 is 1.00 bits per heavy atom. The Bertz CT molecular complexity index is 1610. The highest BCUT2D eigenvalue weighted by molar-refractivity contribution is 5.99. The fourth-order valence-electron chi connectivity index (χ4n) is 6.36. The molecular formula is C39H55N5O9. The molecule has 53 heavy (non-hydrogen) atoms. The van der Waals surface area contributed by atoms with Crippen LogP contribution in [0.15, 0.2) is 60.0 Å². The molecule has 3 rings (SSSR count). The van der Waals surface area contributed by atoms with Gasteiger partial charge in [0.15, 0.2) is 0 Å². The number of nitrogens with one attached hydrogen (secondary N) is 3. The monoisotopic (exact) mass is 737 g/mol. The van der Waals surface area contributed by atoms with E-state index in [0.29, 0.717) is 29.7 Å². The zero-order valence-electron chi connectivity index (χ0n) is 32.1. The lowest BCUT2D eigenvalue weighted by atomic mass is 9.98.